The lowest BCUT2D eigenvalue weighted by Crippen LogP contribution is -2.66. The second kappa shape index (κ2) is 10.2. The zero-order valence-corrected chi connectivity index (χ0v) is 24.5. The Labute approximate surface area is 245 Å². The number of nitrogens with zero attached hydrogens (tertiary/aromatic N) is 1. The van der Waals surface area contributed by atoms with Crippen molar-refractivity contribution >= 4 is 36.2 Å². The van der Waals surface area contributed by atoms with Gasteiger partial charge in [-0.2, -0.15) is 0 Å². The number of hydrogen-bond acceptors (Lipinski definition) is 9. The number of likely N-dealkylation sites (tertiary alicyclic amines) is 1. The number of hydrogen-bond donors (Lipinski definition) is 2. The van der Waals surface area contributed by atoms with Gasteiger partial charge in [-0.1, -0.05) is 39.0 Å². The maximum absolute atomic E-state index is 14.3. The van der Waals surface area contributed by atoms with E-state index in [4.69, 9.17) is 14.2 Å². The second-order valence-corrected chi connectivity index (χ2v) is 13.1. The zero-order chi connectivity index (χ0) is 28.5. The van der Waals surface area contributed by atoms with Crippen molar-refractivity contribution in [2.45, 2.75) is 83.3 Å². The summed E-state index contributed by atoms with van der Waals surface area (Å²) in [5.74, 6) is -2.02. The van der Waals surface area contributed by atoms with Crippen molar-refractivity contribution in [2.75, 3.05) is 19.6 Å². The molecular formula is C30H39ClN2O8. The molecule has 0 unspecified atom stereocenters. The van der Waals surface area contributed by atoms with Crippen LogP contribution in [0.15, 0.2) is 30.3 Å². The van der Waals surface area contributed by atoms with Crippen LogP contribution in [0.3, 0.4) is 0 Å². The normalized spacial score (nSPS) is 36.2. The Bertz CT molecular complexity index is 1230. The van der Waals surface area contributed by atoms with E-state index in [1.165, 1.54) is 4.90 Å². The number of esters is 3. The number of piperidine rings is 1. The summed E-state index contributed by atoms with van der Waals surface area (Å²) in [4.78, 5) is 55.8. The number of nitrogens with one attached hydrogen (secondary N) is 1. The molecule has 1 aliphatic carbocycles. The molecule has 41 heavy (non-hydrogen) atoms. The van der Waals surface area contributed by atoms with Gasteiger partial charge in [-0.25, -0.2) is 4.79 Å². The molecular weight excluding hydrogens is 552 g/mol. The number of benzene rings is 1. The van der Waals surface area contributed by atoms with E-state index in [0.29, 0.717) is 12.3 Å². The van der Waals surface area contributed by atoms with Gasteiger partial charge in [-0.15, -0.1) is 12.4 Å². The smallest absolute Gasteiger partial charge is 0.338 e. The molecule has 10 nitrogen and oxygen atoms in total. The van der Waals surface area contributed by atoms with E-state index in [-0.39, 0.29) is 37.4 Å². The monoisotopic (exact) mass is 590 g/mol. The van der Waals surface area contributed by atoms with E-state index in [9.17, 15) is 24.3 Å². The van der Waals surface area contributed by atoms with Crippen LogP contribution in [0.2, 0.25) is 0 Å². The predicted molar refractivity (Wildman–Crippen MR) is 148 cm³/mol. The largest absolute Gasteiger partial charge is 0.461 e. The molecule has 4 aliphatic heterocycles. The molecule has 224 valence electrons. The molecule has 1 saturated carbocycles. The maximum atomic E-state index is 14.3. The van der Waals surface area contributed by atoms with E-state index < -0.39 is 64.1 Å². The van der Waals surface area contributed by atoms with Crippen LogP contribution in [0.4, 0.5) is 0 Å². The average molecular weight is 591 g/mol. The van der Waals surface area contributed by atoms with Gasteiger partial charge in [-0.05, 0) is 62.2 Å². The van der Waals surface area contributed by atoms with Gasteiger partial charge in [0.15, 0.2) is 12.3 Å². The molecule has 1 amide bonds. The Morgan fingerprint density at radius 1 is 1.12 bits per heavy atom. The average Bonchev–Trinajstić information content (AvgIpc) is 3.53. The number of carbonyl (C=O) groups is 4. The fourth-order valence-electron chi connectivity index (χ4n) is 8.29. The molecule has 0 bridgehead atoms. The van der Waals surface area contributed by atoms with Gasteiger partial charge in [0.25, 0.3) is 5.91 Å². The molecule has 1 aromatic rings. The van der Waals surface area contributed by atoms with Crippen molar-refractivity contribution in [3.63, 3.8) is 0 Å². The van der Waals surface area contributed by atoms with E-state index >= 15 is 0 Å². The highest BCUT2D eigenvalue weighted by atomic mass is 35.5. The van der Waals surface area contributed by atoms with E-state index in [1.54, 1.807) is 30.3 Å². The van der Waals surface area contributed by atoms with Gasteiger partial charge < -0.3 is 29.5 Å². The summed E-state index contributed by atoms with van der Waals surface area (Å²) in [5, 5.41) is 16.0. The molecule has 2 N–H and O–H groups in total. The number of aliphatic hydroxyl groups is 1. The highest BCUT2D eigenvalue weighted by Gasteiger charge is 2.93. The van der Waals surface area contributed by atoms with Crippen molar-refractivity contribution in [2.24, 2.45) is 22.2 Å². The summed E-state index contributed by atoms with van der Waals surface area (Å²) in [6, 6.07) is 8.29. The van der Waals surface area contributed by atoms with Gasteiger partial charge in [0, 0.05) is 13.0 Å². The van der Waals surface area contributed by atoms with Crippen molar-refractivity contribution in [1.29, 1.82) is 0 Å². The first-order valence-corrected chi connectivity index (χ1v) is 14.4. The first-order chi connectivity index (χ1) is 19.0. The molecule has 1 aromatic carbocycles. The van der Waals surface area contributed by atoms with Gasteiger partial charge >= 0.3 is 17.9 Å². The number of amides is 1. The number of carbonyl (C=O) groups excluding carboxylic acids is 4. The highest BCUT2D eigenvalue weighted by Crippen LogP contribution is 2.76. The lowest BCUT2D eigenvalue weighted by molar-refractivity contribution is -0.212. The summed E-state index contributed by atoms with van der Waals surface area (Å²) < 4.78 is 17.7. The Morgan fingerprint density at radius 3 is 2.46 bits per heavy atom. The second-order valence-electron chi connectivity index (χ2n) is 13.1. The topological polar surface area (TPSA) is 131 Å². The molecule has 4 heterocycles. The number of ether oxygens (including phenoxy) is 3. The Kier molecular flexibility index (Phi) is 7.44. The fraction of sp³-hybridized carbons (Fsp3) is 0.667. The van der Waals surface area contributed by atoms with Gasteiger partial charge in [0.05, 0.1) is 17.6 Å². The summed E-state index contributed by atoms with van der Waals surface area (Å²) in [6.45, 7) is 7.66. The van der Waals surface area contributed by atoms with Crippen molar-refractivity contribution in [1.82, 2.24) is 10.2 Å². The lowest BCUT2D eigenvalue weighted by atomic mass is 9.52. The molecule has 11 heteroatoms. The van der Waals surface area contributed by atoms with E-state index in [1.807, 2.05) is 20.8 Å². The van der Waals surface area contributed by atoms with E-state index in [0.717, 1.165) is 32.4 Å². The summed E-state index contributed by atoms with van der Waals surface area (Å²) >= 11 is 0. The van der Waals surface area contributed by atoms with Crippen LogP contribution in [-0.2, 0) is 28.6 Å². The van der Waals surface area contributed by atoms with Gasteiger partial charge in [-0.3, -0.25) is 14.4 Å². The third kappa shape index (κ3) is 3.97. The molecule has 0 aromatic heterocycles. The standard InChI is InChI=1S/C30H38N2O8.ClH/c1-27(2,3)29(37)16-20-28(17-21(33)38-20)26(36)40-25-30(28,29)22(39-24(35)19-9-5-4-6-10-19)23(34)32(25)15-7-8-18-11-13-31-14-12-18;/h4-6,9-10,18,20,22,25,31,37H,7-8,11-17H2,1-3H3;1H/t20-,22+,25-,28-,29+,30+;/m0./s1. The Hall–Kier alpha value is -2.69. The van der Waals surface area contributed by atoms with Crippen LogP contribution >= 0.6 is 12.4 Å². The first-order valence-electron chi connectivity index (χ1n) is 14.4. The fourth-order valence-corrected chi connectivity index (χ4v) is 8.29. The Morgan fingerprint density at radius 2 is 1.80 bits per heavy atom. The third-order valence-corrected chi connectivity index (χ3v) is 10.3. The summed E-state index contributed by atoms with van der Waals surface area (Å²) in [7, 11) is 0. The highest BCUT2D eigenvalue weighted by molar-refractivity contribution is 5.99. The molecule has 2 spiro atoms. The molecule has 5 fully saturated rings. The minimum absolute atomic E-state index is 0. The van der Waals surface area contributed by atoms with Crippen LogP contribution < -0.4 is 5.32 Å². The Balaban J connectivity index is 0.00000337. The molecule has 6 rings (SSSR count). The summed E-state index contributed by atoms with van der Waals surface area (Å²) in [5.41, 5.74) is -5.80. The maximum Gasteiger partial charge on any atom is 0.338 e. The van der Waals surface area contributed by atoms with E-state index in [2.05, 4.69) is 5.32 Å². The van der Waals surface area contributed by atoms with Crippen LogP contribution in [0, 0.1) is 22.2 Å². The van der Waals surface area contributed by atoms with Crippen LogP contribution in [0.25, 0.3) is 0 Å². The third-order valence-electron chi connectivity index (χ3n) is 10.3. The number of rotatable bonds is 6. The van der Waals surface area contributed by atoms with Crippen molar-refractivity contribution < 1.29 is 38.5 Å². The summed E-state index contributed by atoms with van der Waals surface area (Å²) in [6.07, 6.45) is -0.473. The molecule has 0 radical (unpaired) electrons. The van der Waals surface area contributed by atoms with Crippen LogP contribution in [0.5, 0.6) is 0 Å². The first kappa shape index (κ1) is 29.8. The van der Waals surface area contributed by atoms with Crippen LogP contribution in [0.1, 0.15) is 69.7 Å². The quantitative estimate of drug-likeness (QED) is 0.379. The number of halogens is 1. The van der Waals surface area contributed by atoms with Crippen molar-refractivity contribution in [3.8, 4) is 0 Å². The predicted octanol–water partition coefficient (Wildman–Crippen LogP) is 2.61. The van der Waals surface area contributed by atoms with Crippen molar-refractivity contribution in [3.05, 3.63) is 35.9 Å². The van der Waals surface area contributed by atoms with Crippen LogP contribution in [-0.4, -0.2) is 77.5 Å². The van der Waals surface area contributed by atoms with Gasteiger partial charge in [0.2, 0.25) is 0 Å². The molecule has 4 saturated heterocycles. The van der Waals surface area contributed by atoms with Gasteiger partial charge in [0.1, 0.15) is 16.9 Å². The SMILES string of the molecule is CC(C)(C)[C@]1(O)C[C@@H]2OC(=O)C[C@@]23C(=O)O[C@@H]2N(CCCC4CCNCC4)C(=O)[C@@H](OC(=O)c4ccccc4)[C@]213.Cl. The minimum atomic E-state index is -1.75. The molecule has 5 aliphatic rings. The lowest BCUT2D eigenvalue weighted by Gasteiger charge is -2.51. The molecule has 6 atom stereocenters. The minimum Gasteiger partial charge on any atom is -0.461 e. The zero-order valence-electron chi connectivity index (χ0n) is 23.7.